The van der Waals surface area contributed by atoms with E-state index in [-0.39, 0.29) is 0 Å². The van der Waals surface area contributed by atoms with Crippen LogP contribution in [0.25, 0.3) is 0 Å². The molecule has 0 aliphatic heterocycles. The van der Waals surface area contributed by atoms with Crippen LogP contribution in [0.2, 0.25) is 0 Å². The van der Waals surface area contributed by atoms with Gasteiger partial charge in [0.1, 0.15) is 0 Å². The first-order valence-corrected chi connectivity index (χ1v) is 4.05. The second-order valence-electron chi connectivity index (χ2n) is 0.985. The number of hydrogen-bond donors (Lipinski definition) is 0. The van der Waals surface area contributed by atoms with Gasteiger partial charge in [-0.3, -0.25) is 0 Å². The molecule has 0 unspecified atom stereocenters. The van der Waals surface area contributed by atoms with E-state index >= 15 is 0 Å². The second-order valence-corrected chi connectivity index (χ2v) is 2.14. The molecule has 0 aromatic carbocycles. The van der Waals surface area contributed by atoms with Crippen LogP contribution in [0.5, 0.6) is 0 Å². The molecule has 0 atom stereocenters. The van der Waals surface area contributed by atoms with Gasteiger partial charge < -0.3 is 0 Å². The van der Waals surface area contributed by atoms with Crippen molar-refractivity contribution in [3.8, 4) is 0 Å². The maximum atomic E-state index is 2.15. The van der Waals surface area contributed by atoms with Gasteiger partial charge >= 0.3 is 53.4 Å². The fourth-order valence-electron chi connectivity index (χ4n) is 0.197. The van der Waals surface area contributed by atoms with Gasteiger partial charge in [0.25, 0.3) is 0 Å². The Morgan fingerprint density at radius 3 is 2.50 bits per heavy atom. The number of hydrogen-bond acceptors (Lipinski definition) is 0. The van der Waals surface area contributed by atoms with Gasteiger partial charge in [0.15, 0.2) is 0 Å². The van der Waals surface area contributed by atoms with Gasteiger partial charge in [-0.15, -0.1) is 0 Å². The van der Waals surface area contributed by atoms with Gasteiger partial charge in [-0.2, -0.15) is 0 Å². The first kappa shape index (κ1) is 6.49. The van der Waals surface area contributed by atoms with E-state index in [1.165, 1.54) is 24.2 Å². The molecule has 0 amide bonds. The molecule has 33 valence electrons. The summed E-state index contributed by atoms with van der Waals surface area (Å²) in [6, 6.07) is 0. The molecule has 0 heterocycles. The van der Waals surface area contributed by atoms with Crippen molar-refractivity contribution in [2.75, 3.05) is 0 Å². The molecular weight excluding hydrogens is 269 g/mol. The summed E-state index contributed by atoms with van der Waals surface area (Å²) < 4.78 is 2.14. The third-order valence-corrected chi connectivity index (χ3v) is 1.13. The Balaban J connectivity index is 2.94. The molecule has 0 aliphatic carbocycles. The van der Waals surface area contributed by atoms with Gasteiger partial charge in [-0.25, -0.2) is 0 Å². The van der Waals surface area contributed by atoms with Crippen LogP contribution in [0.4, 0.5) is 0 Å². The second kappa shape index (κ2) is 5.49. The van der Waals surface area contributed by atoms with E-state index in [1.807, 2.05) is 0 Å². The maximum absolute atomic E-state index is 2.15. The predicted molar refractivity (Wildman–Crippen MR) is 31.2 cm³/mol. The van der Waals surface area contributed by atoms with Crippen LogP contribution < -0.4 is 0 Å². The van der Waals surface area contributed by atoms with E-state index in [0.717, 1.165) is 6.42 Å². The van der Waals surface area contributed by atoms with Gasteiger partial charge in [-0.05, 0) is 0 Å². The zero-order valence-electron chi connectivity index (χ0n) is 3.89. The van der Waals surface area contributed by atoms with E-state index in [9.17, 15) is 0 Å². The summed E-state index contributed by atoms with van der Waals surface area (Å²) in [5.41, 5.74) is 0. The monoisotopic (exact) mass is 277 g/mol. The molecule has 0 saturated carbocycles. The van der Waals surface area contributed by atoms with Crippen molar-refractivity contribution in [1.82, 2.24) is 0 Å². The zero-order valence-corrected chi connectivity index (χ0v) is 7.36. The van der Waals surface area contributed by atoms with Crippen molar-refractivity contribution in [3.05, 3.63) is 12.2 Å². The van der Waals surface area contributed by atoms with Crippen LogP contribution >= 0.6 is 0 Å². The van der Waals surface area contributed by atoms with Crippen molar-refractivity contribution in [2.24, 2.45) is 0 Å². The van der Waals surface area contributed by atoms with Crippen LogP contribution in [-0.2, 0) is 0 Å². The van der Waals surface area contributed by atoms with Gasteiger partial charge in [0.05, 0.1) is 0 Å². The number of allylic oxidation sites excluding steroid dienone is 2. The first-order chi connectivity index (χ1) is 2.91. The number of rotatable bonds is 2. The minimum atomic E-state index is 1.16. The summed E-state index contributed by atoms with van der Waals surface area (Å²) in [5.74, 6) is 0. The molecule has 0 saturated heterocycles. The molecule has 0 nitrogen and oxygen atoms in total. The van der Waals surface area contributed by atoms with Gasteiger partial charge in [0, 0.05) is 0 Å². The van der Waals surface area contributed by atoms with Crippen LogP contribution in [0.3, 0.4) is 0 Å². The van der Waals surface area contributed by atoms with E-state index in [1.54, 1.807) is 0 Å². The molecule has 0 aromatic heterocycles. The van der Waals surface area contributed by atoms with E-state index in [2.05, 4.69) is 22.8 Å². The van der Waals surface area contributed by atoms with Crippen molar-refractivity contribution in [3.63, 3.8) is 0 Å². The first-order valence-electron chi connectivity index (χ1n) is 2.04. The third kappa shape index (κ3) is 4.49. The fraction of sp³-hybridized carbons (Fsp3) is 0.400. The van der Waals surface area contributed by atoms with Crippen molar-refractivity contribution >= 4 is 27.9 Å². The van der Waals surface area contributed by atoms with Crippen molar-refractivity contribution < 1.29 is 0 Å². The van der Waals surface area contributed by atoms with Crippen molar-refractivity contribution in [2.45, 2.75) is 13.3 Å². The summed E-state index contributed by atoms with van der Waals surface area (Å²) in [7, 11) is 0. The summed E-state index contributed by atoms with van der Waals surface area (Å²) in [6.07, 6.45) is 5.42. The molecule has 1 radical (unpaired) electrons. The fourth-order valence-corrected chi connectivity index (χ4v) is 0.670. The standard InChI is InChI=1S/C5H8.Bi/c1-3-5-4-2;/h1,3,5H,4H2,2H3;. The molecule has 0 N–H and O–H groups in total. The van der Waals surface area contributed by atoms with Crippen LogP contribution in [-0.4, -0.2) is 27.9 Å². The third-order valence-electron chi connectivity index (χ3n) is 0.458. The Bertz CT molecular complexity index is 55.0. The molecule has 0 rings (SSSR count). The summed E-state index contributed by atoms with van der Waals surface area (Å²) >= 11 is 1.36. The van der Waals surface area contributed by atoms with Gasteiger partial charge in [-0.1, -0.05) is 0 Å². The van der Waals surface area contributed by atoms with E-state index in [0.29, 0.717) is 0 Å². The molecular formula is C5H8Bi. The van der Waals surface area contributed by atoms with Crippen LogP contribution in [0.1, 0.15) is 13.3 Å². The summed E-state index contributed by atoms with van der Waals surface area (Å²) in [5, 5.41) is 0. The Morgan fingerprint density at radius 1 is 1.67 bits per heavy atom. The molecule has 1 heteroatoms. The molecule has 6 heavy (non-hydrogen) atoms. The molecule has 0 fully saturated rings. The quantitative estimate of drug-likeness (QED) is 0.659. The Kier molecular flexibility index (Phi) is 5.94. The van der Waals surface area contributed by atoms with Crippen LogP contribution in [0, 0.1) is 0 Å². The Labute approximate surface area is 53.6 Å². The van der Waals surface area contributed by atoms with Gasteiger partial charge in [0.2, 0.25) is 0 Å². The zero-order chi connectivity index (χ0) is 4.83. The predicted octanol–water partition coefficient (Wildman–Crippen LogP) is 0.923. The van der Waals surface area contributed by atoms with E-state index < -0.39 is 0 Å². The molecule has 0 aliphatic rings. The van der Waals surface area contributed by atoms with Crippen molar-refractivity contribution in [1.29, 1.82) is 0 Å². The SMILES string of the molecule is CCC=C[CH]=[Bi]. The molecule has 0 bridgehead atoms. The average Bonchev–Trinajstić information content (AvgIpc) is 1.61. The van der Waals surface area contributed by atoms with Crippen LogP contribution in [0.15, 0.2) is 12.2 Å². The minimum absolute atomic E-state index is 1.16. The summed E-state index contributed by atoms with van der Waals surface area (Å²) in [6.45, 7) is 2.14. The normalized spacial score (nSPS) is 9.50. The van der Waals surface area contributed by atoms with E-state index in [4.69, 9.17) is 0 Å². The Hall–Kier alpha value is 0.493. The average molecular weight is 277 g/mol. The topological polar surface area (TPSA) is 0 Å². The summed E-state index contributed by atoms with van der Waals surface area (Å²) in [4.78, 5) is 0. The molecule has 0 spiro atoms. The molecule has 0 aromatic rings. The Morgan fingerprint density at radius 2 is 2.33 bits per heavy atom.